The first-order valence-corrected chi connectivity index (χ1v) is 7.06. The van der Waals surface area contributed by atoms with Gasteiger partial charge in [0, 0.05) is 18.3 Å². The molecule has 2 rings (SSSR count). The number of aryl methyl sites for hydroxylation is 3. The number of hydrogen-bond acceptors (Lipinski definition) is 1. The van der Waals surface area contributed by atoms with Gasteiger partial charge in [0.05, 0.1) is 5.38 Å². The van der Waals surface area contributed by atoms with Gasteiger partial charge in [-0.1, -0.05) is 24.6 Å². The van der Waals surface area contributed by atoms with E-state index in [0.29, 0.717) is 0 Å². The minimum absolute atomic E-state index is 0.0111. The summed E-state index contributed by atoms with van der Waals surface area (Å²) in [6, 6.07) is 8.49. The summed E-state index contributed by atoms with van der Waals surface area (Å²) in [6.45, 7) is 8.58. The van der Waals surface area contributed by atoms with Crippen molar-refractivity contribution in [2.45, 2.75) is 39.0 Å². The largest absolute Gasteiger partial charge is 0.265 e. The number of pyridine rings is 1. The summed E-state index contributed by atoms with van der Waals surface area (Å²) in [5.74, 6) is 0.268. The lowest BCUT2D eigenvalue weighted by Crippen LogP contribution is -2.06. The van der Waals surface area contributed by atoms with Gasteiger partial charge in [0.1, 0.15) is 0 Å². The van der Waals surface area contributed by atoms with Crippen molar-refractivity contribution in [2.75, 3.05) is 0 Å². The maximum Gasteiger partial charge on any atom is 0.0656 e. The topological polar surface area (TPSA) is 12.9 Å². The summed E-state index contributed by atoms with van der Waals surface area (Å²) in [7, 11) is 0. The molecule has 1 aromatic heterocycles. The Morgan fingerprint density at radius 2 is 1.53 bits per heavy atom. The molecule has 0 saturated carbocycles. The highest BCUT2D eigenvalue weighted by molar-refractivity contribution is 6.21. The third kappa shape index (κ3) is 2.98. The predicted molar refractivity (Wildman–Crippen MR) is 81.9 cm³/mol. The molecule has 2 heteroatoms. The number of hydrogen-bond donors (Lipinski definition) is 0. The predicted octanol–water partition coefficient (Wildman–Crippen LogP) is 5.09. The molecule has 1 heterocycles. The van der Waals surface area contributed by atoms with Crippen molar-refractivity contribution >= 4 is 11.6 Å². The number of nitrogens with zero attached hydrogens (tertiary/aromatic N) is 1. The second kappa shape index (κ2) is 5.75. The average Bonchev–Trinajstić information content (AvgIpc) is 2.37. The van der Waals surface area contributed by atoms with Crippen molar-refractivity contribution in [1.29, 1.82) is 0 Å². The first-order valence-electron chi connectivity index (χ1n) is 6.62. The molecule has 100 valence electrons. The minimum Gasteiger partial charge on any atom is -0.265 e. The molecule has 2 atom stereocenters. The monoisotopic (exact) mass is 273 g/mol. The van der Waals surface area contributed by atoms with Gasteiger partial charge in [-0.2, -0.15) is 0 Å². The Labute approximate surface area is 120 Å². The van der Waals surface area contributed by atoms with Gasteiger partial charge in [-0.15, -0.1) is 11.6 Å². The summed E-state index contributed by atoms with van der Waals surface area (Å²) in [6.07, 6.45) is 3.65. The third-order valence-electron chi connectivity index (χ3n) is 3.68. The molecule has 2 unspecified atom stereocenters. The molecular formula is C17H20ClN. The van der Waals surface area contributed by atoms with Crippen molar-refractivity contribution in [3.8, 4) is 0 Å². The normalized spacial score (nSPS) is 14.2. The second-order valence-electron chi connectivity index (χ2n) is 5.28. The van der Waals surface area contributed by atoms with Crippen LogP contribution in [-0.4, -0.2) is 4.98 Å². The van der Waals surface area contributed by atoms with Crippen LogP contribution in [0.15, 0.2) is 36.7 Å². The summed E-state index contributed by atoms with van der Waals surface area (Å²) in [5, 5.41) is -0.0111. The smallest absolute Gasteiger partial charge is 0.0656 e. The van der Waals surface area contributed by atoms with E-state index in [0.717, 1.165) is 0 Å². The fraction of sp³-hybridized carbons (Fsp3) is 0.353. The van der Waals surface area contributed by atoms with Gasteiger partial charge in [-0.05, 0) is 55.2 Å². The molecule has 0 aliphatic carbocycles. The Bertz CT molecular complexity index is 540. The molecular weight excluding hydrogens is 254 g/mol. The van der Waals surface area contributed by atoms with Crippen molar-refractivity contribution in [3.05, 3.63) is 64.5 Å². The molecule has 0 saturated heterocycles. The quantitative estimate of drug-likeness (QED) is 0.710. The van der Waals surface area contributed by atoms with Crippen molar-refractivity contribution in [2.24, 2.45) is 0 Å². The van der Waals surface area contributed by atoms with E-state index in [9.17, 15) is 0 Å². The average molecular weight is 274 g/mol. The minimum atomic E-state index is -0.0111. The summed E-state index contributed by atoms with van der Waals surface area (Å²) < 4.78 is 0. The first kappa shape index (κ1) is 14.1. The van der Waals surface area contributed by atoms with Gasteiger partial charge in [0.15, 0.2) is 0 Å². The maximum atomic E-state index is 6.73. The summed E-state index contributed by atoms with van der Waals surface area (Å²) >= 11 is 6.73. The number of halogens is 1. The zero-order valence-electron chi connectivity index (χ0n) is 11.9. The second-order valence-corrected chi connectivity index (χ2v) is 5.75. The number of alkyl halides is 1. The van der Waals surface area contributed by atoms with Gasteiger partial charge < -0.3 is 0 Å². The number of rotatable bonds is 3. The zero-order chi connectivity index (χ0) is 14.0. The molecule has 19 heavy (non-hydrogen) atoms. The van der Waals surface area contributed by atoms with Crippen LogP contribution in [0.1, 0.15) is 46.0 Å². The molecule has 2 aromatic rings. The van der Waals surface area contributed by atoms with Crippen LogP contribution in [0.5, 0.6) is 0 Å². The van der Waals surface area contributed by atoms with Crippen molar-refractivity contribution in [3.63, 3.8) is 0 Å². The van der Waals surface area contributed by atoms with E-state index in [-0.39, 0.29) is 11.3 Å². The molecule has 0 radical (unpaired) electrons. The van der Waals surface area contributed by atoms with Gasteiger partial charge in [-0.3, -0.25) is 4.98 Å². The highest BCUT2D eigenvalue weighted by atomic mass is 35.5. The first-order chi connectivity index (χ1) is 9.00. The van der Waals surface area contributed by atoms with Crippen LogP contribution in [0.25, 0.3) is 0 Å². The molecule has 0 fully saturated rings. The highest BCUT2D eigenvalue weighted by Gasteiger charge is 2.21. The standard InChI is InChI=1S/C17H20ClN/c1-11-9-12(2)16(13(3)10-11)17(18)14(4)15-5-7-19-8-6-15/h5-10,14,17H,1-4H3. The molecule has 0 bridgehead atoms. The van der Waals surface area contributed by atoms with Crippen LogP contribution < -0.4 is 0 Å². The lowest BCUT2D eigenvalue weighted by Gasteiger charge is -2.23. The van der Waals surface area contributed by atoms with Gasteiger partial charge in [-0.25, -0.2) is 0 Å². The van der Waals surface area contributed by atoms with Crippen LogP contribution in [0.2, 0.25) is 0 Å². The molecule has 0 N–H and O–H groups in total. The molecule has 0 aliphatic rings. The lowest BCUT2D eigenvalue weighted by molar-refractivity contribution is 0.722. The van der Waals surface area contributed by atoms with E-state index in [2.05, 4.69) is 44.8 Å². The summed E-state index contributed by atoms with van der Waals surface area (Å²) in [4.78, 5) is 4.06. The zero-order valence-corrected chi connectivity index (χ0v) is 12.7. The van der Waals surface area contributed by atoms with E-state index in [1.54, 1.807) is 0 Å². The van der Waals surface area contributed by atoms with Gasteiger partial charge >= 0.3 is 0 Å². The Hall–Kier alpha value is -1.34. The van der Waals surface area contributed by atoms with E-state index in [1.807, 2.05) is 24.5 Å². The van der Waals surface area contributed by atoms with Crippen LogP contribution in [0, 0.1) is 20.8 Å². The van der Waals surface area contributed by atoms with Crippen molar-refractivity contribution in [1.82, 2.24) is 4.98 Å². The number of aromatic nitrogens is 1. The van der Waals surface area contributed by atoms with E-state index in [4.69, 9.17) is 11.6 Å². The molecule has 0 spiro atoms. The Kier molecular flexibility index (Phi) is 4.26. The fourth-order valence-corrected chi connectivity index (χ4v) is 3.20. The van der Waals surface area contributed by atoms with E-state index < -0.39 is 0 Å². The van der Waals surface area contributed by atoms with Gasteiger partial charge in [0.25, 0.3) is 0 Å². The molecule has 1 aromatic carbocycles. The Morgan fingerprint density at radius 1 is 1.00 bits per heavy atom. The highest BCUT2D eigenvalue weighted by Crippen LogP contribution is 2.39. The molecule has 1 nitrogen and oxygen atoms in total. The van der Waals surface area contributed by atoms with Crippen LogP contribution in [0.3, 0.4) is 0 Å². The van der Waals surface area contributed by atoms with Crippen molar-refractivity contribution < 1.29 is 0 Å². The Morgan fingerprint density at radius 3 is 2.05 bits per heavy atom. The van der Waals surface area contributed by atoms with Crippen LogP contribution >= 0.6 is 11.6 Å². The van der Waals surface area contributed by atoms with Gasteiger partial charge in [0.2, 0.25) is 0 Å². The van der Waals surface area contributed by atoms with Crippen LogP contribution in [-0.2, 0) is 0 Å². The maximum absolute atomic E-state index is 6.73. The Balaban J connectivity index is 2.37. The summed E-state index contributed by atoms with van der Waals surface area (Å²) in [5.41, 5.74) is 6.34. The van der Waals surface area contributed by atoms with Crippen LogP contribution in [0.4, 0.5) is 0 Å². The SMILES string of the molecule is Cc1cc(C)c(C(Cl)C(C)c2ccncc2)c(C)c1. The van der Waals surface area contributed by atoms with E-state index in [1.165, 1.54) is 27.8 Å². The lowest BCUT2D eigenvalue weighted by atomic mass is 9.88. The fourth-order valence-electron chi connectivity index (χ4n) is 2.71. The van der Waals surface area contributed by atoms with E-state index >= 15 is 0 Å². The number of benzene rings is 1. The molecule has 0 aliphatic heterocycles. The molecule has 0 amide bonds. The third-order valence-corrected chi connectivity index (χ3v) is 4.28.